The summed E-state index contributed by atoms with van der Waals surface area (Å²) in [6, 6.07) is 0. The van der Waals surface area contributed by atoms with Crippen molar-refractivity contribution in [3.05, 3.63) is 22.8 Å². The van der Waals surface area contributed by atoms with Crippen LogP contribution >= 0.6 is 0 Å². The first-order chi connectivity index (χ1) is 9.22. The molecule has 4 rings (SSSR count). The molecule has 3 heteroatoms. The highest BCUT2D eigenvalue weighted by Gasteiger charge is 2.42. The molecule has 2 heterocycles. The Morgan fingerprint density at radius 2 is 2.00 bits per heavy atom. The number of hydrogen-bond donors (Lipinski definition) is 1. The van der Waals surface area contributed by atoms with Gasteiger partial charge in [0.15, 0.2) is 0 Å². The summed E-state index contributed by atoms with van der Waals surface area (Å²) in [6.45, 7) is 6.41. The fourth-order valence-electron chi connectivity index (χ4n) is 4.42. The normalized spacial score (nSPS) is 32.3. The molecule has 0 amide bonds. The van der Waals surface area contributed by atoms with E-state index in [1.54, 1.807) is 0 Å². The summed E-state index contributed by atoms with van der Waals surface area (Å²) < 4.78 is 0. The maximum absolute atomic E-state index is 4.99. The smallest absolute Gasteiger partial charge is 0.132 e. The van der Waals surface area contributed by atoms with Crippen molar-refractivity contribution < 1.29 is 0 Å². The van der Waals surface area contributed by atoms with E-state index in [1.807, 2.05) is 0 Å². The maximum Gasteiger partial charge on any atom is 0.132 e. The molecule has 3 aliphatic rings. The van der Waals surface area contributed by atoms with E-state index in [0.717, 1.165) is 24.9 Å². The van der Waals surface area contributed by atoms with Crippen molar-refractivity contribution in [2.75, 3.05) is 0 Å². The molecule has 3 nitrogen and oxygen atoms in total. The summed E-state index contributed by atoms with van der Waals surface area (Å²) >= 11 is 0. The predicted molar refractivity (Wildman–Crippen MR) is 74.9 cm³/mol. The molecule has 102 valence electrons. The van der Waals surface area contributed by atoms with Crippen LogP contribution in [0.3, 0.4) is 0 Å². The largest absolute Gasteiger partial charge is 0.307 e. The van der Waals surface area contributed by atoms with Gasteiger partial charge in [-0.1, -0.05) is 20.3 Å². The van der Waals surface area contributed by atoms with E-state index in [4.69, 9.17) is 9.97 Å². The molecule has 3 atom stereocenters. The standard InChI is InChI=1S/C16H23N3/c1-9(2)15-13-7-17-8-14(13)18-16(19-15)12-6-10-3-4-11(12)5-10/h9-12,17H,3-8H2,1-2H3. The van der Waals surface area contributed by atoms with Gasteiger partial charge in [0.1, 0.15) is 5.82 Å². The molecular weight excluding hydrogens is 234 g/mol. The van der Waals surface area contributed by atoms with Crippen molar-refractivity contribution >= 4 is 0 Å². The van der Waals surface area contributed by atoms with E-state index in [-0.39, 0.29) is 0 Å². The van der Waals surface area contributed by atoms with E-state index in [2.05, 4.69) is 19.2 Å². The van der Waals surface area contributed by atoms with E-state index in [1.165, 1.54) is 48.5 Å². The van der Waals surface area contributed by atoms with Crippen LogP contribution in [-0.2, 0) is 13.1 Å². The van der Waals surface area contributed by atoms with Crippen LogP contribution in [0.5, 0.6) is 0 Å². The van der Waals surface area contributed by atoms with Crippen molar-refractivity contribution in [2.45, 2.75) is 64.5 Å². The summed E-state index contributed by atoms with van der Waals surface area (Å²) in [4.78, 5) is 9.92. The molecule has 1 aliphatic heterocycles. The fourth-order valence-corrected chi connectivity index (χ4v) is 4.42. The number of rotatable bonds is 2. The minimum Gasteiger partial charge on any atom is -0.307 e. The first-order valence-corrected chi connectivity index (χ1v) is 7.82. The van der Waals surface area contributed by atoms with E-state index in [0.29, 0.717) is 11.8 Å². The quantitative estimate of drug-likeness (QED) is 0.884. The van der Waals surface area contributed by atoms with Gasteiger partial charge >= 0.3 is 0 Å². The summed E-state index contributed by atoms with van der Waals surface area (Å²) in [5, 5.41) is 3.43. The summed E-state index contributed by atoms with van der Waals surface area (Å²) in [6.07, 6.45) is 5.63. The van der Waals surface area contributed by atoms with Crippen LogP contribution in [-0.4, -0.2) is 9.97 Å². The third-order valence-electron chi connectivity index (χ3n) is 5.35. The Morgan fingerprint density at radius 3 is 2.68 bits per heavy atom. The SMILES string of the molecule is CC(C)c1nc(C2CC3CCC2C3)nc2c1CNC2. The molecule has 1 N–H and O–H groups in total. The van der Waals surface area contributed by atoms with Gasteiger partial charge < -0.3 is 5.32 Å². The molecule has 3 unspecified atom stereocenters. The number of fused-ring (bicyclic) bond motifs is 3. The lowest BCUT2D eigenvalue weighted by molar-refractivity contribution is 0.403. The summed E-state index contributed by atoms with van der Waals surface area (Å²) in [5.41, 5.74) is 3.95. The second-order valence-electron chi connectivity index (χ2n) is 6.93. The highest BCUT2D eigenvalue weighted by atomic mass is 15.0. The molecule has 19 heavy (non-hydrogen) atoms. The molecule has 0 spiro atoms. The fraction of sp³-hybridized carbons (Fsp3) is 0.750. The highest BCUT2D eigenvalue weighted by molar-refractivity contribution is 5.32. The van der Waals surface area contributed by atoms with E-state index >= 15 is 0 Å². The lowest BCUT2D eigenvalue weighted by Crippen LogP contribution is -2.15. The lowest BCUT2D eigenvalue weighted by atomic mass is 9.88. The third kappa shape index (κ3) is 1.82. The first-order valence-electron chi connectivity index (χ1n) is 7.82. The molecule has 2 saturated carbocycles. The van der Waals surface area contributed by atoms with Crippen LogP contribution < -0.4 is 5.32 Å². The van der Waals surface area contributed by atoms with Gasteiger partial charge in [-0.05, 0) is 37.0 Å². The van der Waals surface area contributed by atoms with Crippen LogP contribution in [0.15, 0.2) is 0 Å². The Balaban J connectivity index is 1.75. The summed E-state index contributed by atoms with van der Waals surface area (Å²) in [5.74, 6) is 4.17. The van der Waals surface area contributed by atoms with Gasteiger partial charge in [-0.25, -0.2) is 9.97 Å². The Labute approximate surface area is 115 Å². The third-order valence-corrected chi connectivity index (χ3v) is 5.35. The van der Waals surface area contributed by atoms with E-state index in [9.17, 15) is 0 Å². The van der Waals surface area contributed by atoms with Gasteiger partial charge in [0.2, 0.25) is 0 Å². The average molecular weight is 257 g/mol. The van der Waals surface area contributed by atoms with Crippen molar-refractivity contribution in [3.8, 4) is 0 Å². The van der Waals surface area contributed by atoms with Crippen LogP contribution in [0.4, 0.5) is 0 Å². The minimum atomic E-state index is 0.508. The Morgan fingerprint density at radius 1 is 1.11 bits per heavy atom. The molecule has 2 aliphatic carbocycles. The maximum atomic E-state index is 4.99. The van der Waals surface area contributed by atoms with Crippen molar-refractivity contribution in [2.24, 2.45) is 11.8 Å². The molecule has 2 fully saturated rings. The molecule has 0 radical (unpaired) electrons. The minimum absolute atomic E-state index is 0.508. The molecule has 0 aromatic carbocycles. The van der Waals surface area contributed by atoms with Crippen molar-refractivity contribution in [3.63, 3.8) is 0 Å². The van der Waals surface area contributed by atoms with Gasteiger partial charge in [0, 0.05) is 24.6 Å². The zero-order chi connectivity index (χ0) is 13.0. The Kier molecular flexibility index (Phi) is 2.66. The van der Waals surface area contributed by atoms with Gasteiger partial charge in [-0.2, -0.15) is 0 Å². The van der Waals surface area contributed by atoms with Gasteiger partial charge in [0.25, 0.3) is 0 Å². The zero-order valence-electron chi connectivity index (χ0n) is 11.9. The number of aromatic nitrogens is 2. The zero-order valence-corrected chi connectivity index (χ0v) is 11.9. The predicted octanol–water partition coefficient (Wildman–Crippen LogP) is 3.11. The lowest BCUT2D eigenvalue weighted by Gasteiger charge is -2.22. The molecule has 2 bridgehead atoms. The monoisotopic (exact) mass is 257 g/mol. The molecule has 0 saturated heterocycles. The van der Waals surface area contributed by atoms with Crippen LogP contribution in [0, 0.1) is 11.8 Å². The average Bonchev–Trinajstić information content (AvgIpc) is 3.12. The van der Waals surface area contributed by atoms with E-state index < -0.39 is 0 Å². The first kappa shape index (κ1) is 11.8. The topological polar surface area (TPSA) is 37.8 Å². The van der Waals surface area contributed by atoms with Crippen LogP contribution in [0.25, 0.3) is 0 Å². The van der Waals surface area contributed by atoms with Gasteiger partial charge in [-0.15, -0.1) is 0 Å². The Bertz CT molecular complexity index is 509. The van der Waals surface area contributed by atoms with Gasteiger partial charge in [0.05, 0.1) is 11.4 Å². The molecule has 1 aromatic heterocycles. The number of hydrogen-bond acceptors (Lipinski definition) is 3. The second kappa shape index (κ2) is 4.27. The second-order valence-corrected chi connectivity index (χ2v) is 6.93. The van der Waals surface area contributed by atoms with Crippen molar-refractivity contribution in [1.82, 2.24) is 15.3 Å². The molecule has 1 aromatic rings. The van der Waals surface area contributed by atoms with Gasteiger partial charge in [-0.3, -0.25) is 0 Å². The van der Waals surface area contributed by atoms with Crippen LogP contribution in [0.2, 0.25) is 0 Å². The van der Waals surface area contributed by atoms with Crippen molar-refractivity contribution in [1.29, 1.82) is 0 Å². The molecular formula is C16H23N3. The Hall–Kier alpha value is -0.960. The number of nitrogens with zero attached hydrogens (tertiary/aromatic N) is 2. The summed E-state index contributed by atoms with van der Waals surface area (Å²) in [7, 11) is 0. The number of nitrogens with one attached hydrogen (secondary N) is 1. The highest BCUT2D eigenvalue weighted by Crippen LogP contribution is 2.52. The van der Waals surface area contributed by atoms with Crippen LogP contribution in [0.1, 0.15) is 74.1 Å².